The first-order chi connectivity index (χ1) is 13.3. The third-order valence-corrected chi connectivity index (χ3v) is 8.23. The maximum atomic E-state index is 12.7. The minimum Gasteiger partial charge on any atom is -0.280 e. The standard InChI is InChI=1S/C20H26N2O4S2/c1-3-14-27(23,24)22-13-5-6-17-9-10-18(15-20(17)22)21-28(25,26)19-11-7-16(4-2)8-12-19/h7-12,15,21H,3-6,13-14H2,1-2H3. The van der Waals surface area contributed by atoms with Crippen molar-refractivity contribution in [2.24, 2.45) is 0 Å². The zero-order valence-electron chi connectivity index (χ0n) is 16.2. The number of nitrogens with zero attached hydrogens (tertiary/aromatic N) is 1. The van der Waals surface area contributed by atoms with E-state index in [4.69, 9.17) is 0 Å². The summed E-state index contributed by atoms with van der Waals surface area (Å²) in [7, 11) is -7.16. The normalized spacial score (nSPS) is 14.6. The lowest BCUT2D eigenvalue weighted by Gasteiger charge is -2.31. The number of hydrogen-bond acceptors (Lipinski definition) is 4. The molecule has 0 radical (unpaired) electrons. The van der Waals surface area contributed by atoms with Crippen molar-refractivity contribution in [2.45, 2.75) is 44.4 Å². The van der Waals surface area contributed by atoms with Gasteiger partial charge in [-0.05, 0) is 61.1 Å². The third-order valence-electron chi connectivity index (χ3n) is 4.85. The molecule has 28 heavy (non-hydrogen) atoms. The van der Waals surface area contributed by atoms with Crippen molar-refractivity contribution in [2.75, 3.05) is 21.3 Å². The number of aryl methyl sites for hydroxylation is 2. The molecule has 8 heteroatoms. The van der Waals surface area contributed by atoms with Crippen LogP contribution in [0.4, 0.5) is 11.4 Å². The van der Waals surface area contributed by atoms with Crippen molar-refractivity contribution < 1.29 is 16.8 Å². The van der Waals surface area contributed by atoms with Crippen molar-refractivity contribution in [3.63, 3.8) is 0 Å². The number of anilines is 2. The van der Waals surface area contributed by atoms with Crippen LogP contribution >= 0.6 is 0 Å². The summed E-state index contributed by atoms with van der Waals surface area (Å²) in [6, 6.07) is 11.9. The summed E-state index contributed by atoms with van der Waals surface area (Å²) in [5.41, 5.74) is 2.91. The van der Waals surface area contributed by atoms with Gasteiger partial charge < -0.3 is 0 Å². The zero-order valence-corrected chi connectivity index (χ0v) is 17.8. The van der Waals surface area contributed by atoms with Gasteiger partial charge in [0.2, 0.25) is 10.0 Å². The first kappa shape index (κ1) is 20.7. The molecule has 0 fully saturated rings. The highest BCUT2D eigenvalue weighted by atomic mass is 32.2. The fourth-order valence-corrected chi connectivity index (χ4v) is 6.04. The molecule has 0 aromatic heterocycles. The van der Waals surface area contributed by atoms with Gasteiger partial charge in [0.25, 0.3) is 10.0 Å². The van der Waals surface area contributed by atoms with Gasteiger partial charge in [0.1, 0.15) is 0 Å². The number of nitrogens with one attached hydrogen (secondary N) is 1. The van der Waals surface area contributed by atoms with Gasteiger partial charge >= 0.3 is 0 Å². The van der Waals surface area contributed by atoms with Crippen LogP contribution in [-0.4, -0.2) is 29.1 Å². The number of hydrogen-bond donors (Lipinski definition) is 1. The van der Waals surface area contributed by atoms with Crippen molar-refractivity contribution in [3.05, 3.63) is 53.6 Å². The lowest BCUT2D eigenvalue weighted by Crippen LogP contribution is -2.37. The molecule has 1 aliphatic heterocycles. The van der Waals surface area contributed by atoms with Crippen LogP contribution in [0.3, 0.4) is 0 Å². The maximum Gasteiger partial charge on any atom is 0.261 e. The van der Waals surface area contributed by atoms with Crippen molar-refractivity contribution >= 4 is 31.4 Å². The second kappa shape index (κ2) is 8.13. The molecule has 0 saturated carbocycles. The molecule has 3 rings (SSSR count). The summed E-state index contributed by atoms with van der Waals surface area (Å²) >= 11 is 0. The van der Waals surface area contributed by atoms with E-state index in [1.165, 1.54) is 4.31 Å². The Morgan fingerprint density at radius 3 is 2.36 bits per heavy atom. The summed E-state index contributed by atoms with van der Waals surface area (Å²) in [4.78, 5) is 0.179. The Balaban J connectivity index is 1.92. The lowest BCUT2D eigenvalue weighted by atomic mass is 10.0. The molecule has 6 nitrogen and oxygen atoms in total. The summed E-state index contributed by atoms with van der Waals surface area (Å²) in [6.07, 6.45) is 2.90. The second-order valence-corrected chi connectivity index (χ2v) is 10.6. The van der Waals surface area contributed by atoms with Crippen molar-refractivity contribution in [3.8, 4) is 0 Å². The first-order valence-electron chi connectivity index (χ1n) is 9.52. The van der Waals surface area contributed by atoms with Crippen LogP contribution in [0.15, 0.2) is 47.4 Å². The molecule has 0 saturated heterocycles. The Kier molecular flexibility index (Phi) is 6.00. The van der Waals surface area contributed by atoms with E-state index in [9.17, 15) is 16.8 Å². The van der Waals surface area contributed by atoms with Crippen LogP contribution < -0.4 is 9.03 Å². The summed E-state index contributed by atoms with van der Waals surface area (Å²) in [6.45, 7) is 4.26. The van der Waals surface area contributed by atoms with Gasteiger partial charge in [-0.25, -0.2) is 16.8 Å². The minimum atomic E-state index is -3.75. The predicted molar refractivity (Wildman–Crippen MR) is 113 cm³/mol. The fraction of sp³-hybridized carbons (Fsp3) is 0.400. The number of sulfonamides is 2. The third kappa shape index (κ3) is 4.33. The summed E-state index contributed by atoms with van der Waals surface area (Å²) < 4.78 is 54.6. The van der Waals surface area contributed by atoms with Gasteiger partial charge in [-0.3, -0.25) is 9.03 Å². The molecule has 1 heterocycles. The maximum absolute atomic E-state index is 12.7. The molecule has 0 atom stereocenters. The molecule has 1 aliphatic rings. The molecule has 2 aromatic carbocycles. The van der Waals surface area contributed by atoms with Crippen molar-refractivity contribution in [1.29, 1.82) is 0 Å². The van der Waals surface area contributed by atoms with Crippen LogP contribution in [0, 0.1) is 0 Å². The van der Waals surface area contributed by atoms with Crippen LogP contribution in [0.25, 0.3) is 0 Å². The molecular formula is C20H26N2O4S2. The first-order valence-corrected chi connectivity index (χ1v) is 12.6. The van der Waals surface area contributed by atoms with Gasteiger partial charge in [-0.15, -0.1) is 0 Å². The van der Waals surface area contributed by atoms with Crippen LogP contribution in [-0.2, 0) is 32.9 Å². The topological polar surface area (TPSA) is 83.6 Å². The highest BCUT2D eigenvalue weighted by Crippen LogP contribution is 2.33. The number of benzene rings is 2. The zero-order chi connectivity index (χ0) is 20.4. The van der Waals surface area contributed by atoms with E-state index >= 15 is 0 Å². The van der Waals surface area contributed by atoms with Gasteiger partial charge in [-0.1, -0.05) is 32.0 Å². The van der Waals surface area contributed by atoms with E-state index in [2.05, 4.69) is 4.72 Å². The van der Waals surface area contributed by atoms with Crippen LogP contribution in [0.5, 0.6) is 0 Å². The Morgan fingerprint density at radius 1 is 1.00 bits per heavy atom. The molecule has 0 spiro atoms. The number of fused-ring (bicyclic) bond motifs is 1. The van der Waals surface area contributed by atoms with Gasteiger partial charge in [0, 0.05) is 6.54 Å². The largest absolute Gasteiger partial charge is 0.280 e. The van der Waals surface area contributed by atoms with Crippen molar-refractivity contribution in [1.82, 2.24) is 0 Å². The Morgan fingerprint density at radius 2 is 1.71 bits per heavy atom. The van der Waals surface area contributed by atoms with E-state index < -0.39 is 20.0 Å². The number of rotatable bonds is 7. The Bertz CT molecular complexity index is 1050. The van der Waals surface area contributed by atoms with E-state index in [-0.39, 0.29) is 10.6 Å². The predicted octanol–water partition coefficient (Wildman–Crippen LogP) is 3.54. The molecular weight excluding hydrogens is 396 g/mol. The molecule has 2 aromatic rings. The quantitative estimate of drug-likeness (QED) is 0.740. The second-order valence-electron chi connectivity index (χ2n) is 6.94. The Hall–Kier alpha value is -2.06. The molecule has 0 bridgehead atoms. The summed E-state index contributed by atoms with van der Waals surface area (Å²) in [5, 5.41) is 0. The average Bonchev–Trinajstić information content (AvgIpc) is 2.67. The molecule has 152 valence electrons. The average molecular weight is 423 g/mol. The van der Waals surface area contributed by atoms with E-state index in [0.29, 0.717) is 24.3 Å². The summed E-state index contributed by atoms with van der Waals surface area (Å²) in [5.74, 6) is 0.0756. The van der Waals surface area contributed by atoms with Crippen LogP contribution in [0.1, 0.15) is 37.8 Å². The molecule has 1 N–H and O–H groups in total. The van der Waals surface area contributed by atoms with E-state index in [1.54, 1.807) is 42.5 Å². The Labute approximate surface area is 167 Å². The monoisotopic (exact) mass is 422 g/mol. The fourth-order valence-electron chi connectivity index (χ4n) is 3.38. The lowest BCUT2D eigenvalue weighted by molar-refractivity contribution is 0.585. The molecule has 0 unspecified atom stereocenters. The highest BCUT2D eigenvalue weighted by Gasteiger charge is 2.27. The van der Waals surface area contributed by atoms with Gasteiger partial charge in [0.05, 0.1) is 22.0 Å². The van der Waals surface area contributed by atoms with Crippen LogP contribution in [0.2, 0.25) is 0 Å². The van der Waals surface area contributed by atoms with Gasteiger partial charge in [0.15, 0.2) is 0 Å². The smallest absolute Gasteiger partial charge is 0.261 e. The molecule has 0 aliphatic carbocycles. The minimum absolute atomic E-state index is 0.0756. The van der Waals surface area contributed by atoms with Gasteiger partial charge in [-0.2, -0.15) is 0 Å². The SMILES string of the molecule is CCCS(=O)(=O)N1CCCc2ccc(NS(=O)(=O)c3ccc(CC)cc3)cc21. The highest BCUT2D eigenvalue weighted by molar-refractivity contribution is 7.93. The molecule has 0 amide bonds. The van der Waals surface area contributed by atoms with E-state index in [0.717, 1.165) is 30.4 Å². The van der Waals surface area contributed by atoms with E-state index in [1.807, 2.05) is 13.8 Å².